The normalized spacial score (nSPS) is 19.5. The van der Waals surface area contributed by atoms with Gasteiger partial charge in [-0.1, -0.05) is 12.5 Å². The van der Waals surface area contributed by atoms with Crippen LogP contribution in [0, 0.1) is 5.82 Å². The Hall–Kier alpha value is -3.03. The Bertz CT molecular complexity index is 975. The maximum atomic E-state index is 14.7. The van der Waals surface area contributed by atoms with E-state index in [4.69, 9.17) is 4.74 Å². The summed E-state index contributed by atoms with van der Waals surface area (Å²) in [5.41, 5.74) is 1.31. The molecule has 146 valence electrons. The van der Waals surface area contributed by atoms with Crippen molar-refractivity contribution >= 4 is 0 Å². The second-order valence-corrected chi connectivity index (χ2v) is 6.94. The number of phenolic OH excluding ortho intramolecular Hbond substituents is 1. The molecular formula is C20H20F2N4O2. The van der Waals surface area contributed by atoms with Crippen LogP contribution in [0.2, 0.25) is 0 Å². The van der Waals surface area contributed by atoms with Gasteiger partial charge in [-0.25, -0.2) is 8.78 Å². The Morgan fingerprint density at radius 3 is 2.57 bits per heavy atom. The van der Waals surface area contributed by atoms with E-state index in [1.165, 1.54) is 6.20 Å². The van der Waals surface area contributed by atoms with Crippen molar-refractivity contribution in [1.82, 2.24) is 20.0 Å². The van der Waals surface area contributed by atoms with E-state index in [1.807, 2.05) is 0 Å². The Morgan fingerprint density at radius 2 is 1.89 bits per heavy atom. The molecule has 0 spiro atoms. The molecule has 4 rings (SSSR count). The minimum atomic E-state index is -1.01. The van der Waals surface area contributed by atoms with Gasteiger partial charge < -0.3 is 9.84 Å². The van der Waals surface area contributed by atoms with Crippen LogP contribution in [0.3, 0.4) is 0 Å². The molecule has 1 aliphatic rings. The minimum Gasteiger partial charge on any atom is -0.504 e. The molecule has 1 aromatic carbocycles. The van der Waals surface area contributed by atoms with E-state index in [0.29, 0.717) is 24.1 Å². The maximum absolute atomic E-state index is 14.7. The standard InChI is InChI=1S/C20H20F2N4O2/c1-26-11-12(10-23-26)13-6-7-14(20(27)19(13)22)16-8-9-18(25-24-16)28-17-5-3-2-4-15(17)21/h6-11,15,17,27H,2-5H2,1H3/t15-,17+/m0/s1. The van der Waals surface area contributed by atoms with Crippen molar-refractivity contribution in [2.75, 3.05) is 0 Å². The maximum Gasteiger partial charge on any atom is 0.233 e. The first kappa shape index (κ1) is 18.3. The van der Waals surface area contributed by atoms with E-state index >= 15 is 0 Å². The molecule has 1 aliphatic carbocycles. The van der Waals surface area contributed by atoms with E-state index < -0.39 is 23.8 Å². The average molecular weight is 386 g/mol. The lowest BCUT2D eigenvalue weighted by atomic mass is 9.96. The van der Waals surface area contributed by atoms with Gasteiger partial charge in [0.2, 0.25) is 5.88 Å². The highest BCUT2D eigenvalue weighted by Gasteiger charge is 2.27. The lowest BCUT2D eigenvalue weighted by molar-refractivity contribution is 0.0594. The molecule has 0 bridgehead atoms. The molecule has 2 heterocycles. The van der Waals surface area contributed by atoms with Crippen molar-refractivity contribution in [2.45, 2.75) is 38.0 Å². The van der Waals surface area contributed by atoms with Gasteiger partial charge in [-0.15, -0.1) is 10.2 Å². The van der Waals surface area contributed by atoms with Crippen LogP contribution in [-0.2, 0) is 7.05 Å². The van der Waals surface area contributed by atoms with Crippen molar-refractivity contribution < 1.29 is 18.6 Å². The predicted octanol–water partition coefficient (Wildman–Crippen LogP) is 4.05. The third-order valence-electron chi connectivity index (χ3n) is 4.94. The van der Waals surface area contributed by atoms with E-state index in [9.17, 15) is 13.9 Å². The number of rotatable bonds is 4. The number of benzene rings is 1. The Morgan fingerprint density at radius 1 is 1.11 bits per heavy atom. The van der Waals surface area contributed by atoms with E-state index in [2.05, 4.69) is 15.3 Å². The number of aryl methyl sites for hydroxylation is 1. The summed E-state index contributed by atoms with van der Waals surface area (Å²) in [5.74, 6) is -1.05. The molecule has 1 saturated carbocycles. The fraction of sp³-hybridized carbons (Fsp3) is 0.350. The molecule has 1 fully saturated rings. The van der Waals surface area contributed by atoms with Crippen molar-refractivity contribution in [3.63, 3.8) is 0 Å². The summed E-state index contributed by atoms with van der Waals surface area (Å²) >= 11 is 0. The number of halogens is 2. The quantitative estimate of drug-likeness (QED) is 0.732. The molecule has 0 unspecified atom stereocenters. The zero-order chi connectivity index (χ0) is 19.7. The Balaban J connectivity index is 1.56. The summed E-state index contributed by atoms with van der Waals surface area (Å²) in [6.45, 7) is 0. The van der Waals surface area contributed by atoms with Crippen molar-refractivity contribution in [2.24, 2.45) is 7.05 Å². The zero-order valence-electron chi connectivity index (χ0n) is 15.3. The molecule has 8 heteroatoms. The van der Waals surface area contributed by atoms with Crippen LogP contribution in [0.5, 0.6) is 11.6 Å². The molecule has 6 nitrogen and oxygen atoms in total. The van der Waals surface area contributed by atoms with Gasteiger partial charge in [-0.05, 0) is 31.4 Å². The van der Waals surface area contributed by atoms with Crippen LogP contribution in [-0.4, -0.2) is 37.4 Å². The Kier molecular flexibility index (Phi) is 4.93. The molecule has 1 N–H and O–H groups in total. The fourth-order valence-corrected chi connectivity index (χ4v) is 3.42. The summed E-state index contributed by atoms with van der Waals surface area (Å²) in [4.78, 5) is 0. The van der Waals surface area contributed by atoms with E-state index in [-0.39, 0.29) is 17.0 Å². The van der Waals surface area contributed by atoms with Crippen LogP contribution in [0.25, 0.3) is 22.4 Å². The van der Waals surface area contributed by atoms with Crippen molar-refractivity contribution in [1.29, 1.82) is 0 Å². The van der Waals surface area contributed by atoms with Gasteiger partial charge in [-0.3, -0.25) is 4.68 Å². The van der Waals surface area contributed by atoms with Gasteiger partial charge in [0.15, 0.2) is 11.6 Å². The van der Waals surface area contributed by atoms with Crippen molar-refractivity contribution in [3.05, 3.63) is 42.5 Å². The van der Waals surface area contributed by atoms with Gasteiger partial charge in [0.25, 0.3) is 0 Å². The molecule has 0 aliphatic heterocycles. The second kappa shape index (κ2) is 7.53. The number of ether oxygens (including phenoxy) is 1. The number of aromatic hydroxyl groups is 1. The summed E-state index contributed by atoms with van der Waals surface area (Å²) in [5, 5.41) is 22.3. The summed E-state index contributed by atoms with van der Waals surface area (Å²) in [6.07, 6.45) is 4.59. The first-order chi connectivity index (χ1) is 13.5. The Labute approximate surface area is 160 Å². The number of phenols is 1. The highest BCUT2D eigenvalue weighted by molar-refractivity contribution is 5.74. The van der Waals surface area contributed by atoms with Crippen LogP contribution < -0.4 is 4.74 Å². The largest absolute Gasteiger partial charge is 0.504 e. The fourth-order valence-electron chi connectivity index (χ4n) is 3.42. The summed E-state index contributed by atoms with van der Waals surface area (Å²) in [6, 6.07) is 6.25. The molecule has 2 atom stereocenters. The van der Waals surface area contributed by atoms with Gasteiger partial charge in [0, 0.05) is 36.0 Å². The van der Waals surface area contributed by atoms with E-state index in [0.717, 1.165) is 12.8 Å². The molecule has 0 saturated heterocycles. The molecule has 2 aromatic heterocycles. The number of hydrogen-bond acceptors (Lipinski definition) is 5. The van der Waals surface area contributed by atoms with Gasteiger partial charge in [0.1, 0.15) is 12.3 Å². The van der Waals surface area contributed by atoms with Crippen LogP contribution in [0.15, 0.2) is 36.7 Å². The molecule has 0 amide bonds. The molecule has 28 heavy (non-hydrogen) atoms. The van der Waals surface area contributed by atoms with Crippen LogP contribution >= 0.6 is 0 Å². The number of hydrogen-bond donors (Lipinski definition) is 1. The molecule has 3 aromatic rings. The van der Waals surface area contributed by atoms with Crippen molar-refractivity contribution in [3.8, 4) is 34.0 Å². The minimum absolute atomic E-state index is 0.213. The number of aromatic nitrogens is 4. The smallest absolute Gasteiger partial charge is 0.233 e. The highest BCUT2D eigenvalue weighted by Crippen LogP contribution is 2.36. The first-order valence-corrected chi connectivity index (χ1v) is 9.18. The number of nitrogens with zero attached hydrogens (tertiary/aromatic N) is 4. The SMILES string of the molecule is Cn1cc(-c2ccc(-c3ccc(O[C@@H]4CCCC[C@@H]4F)nn3)c(O)c2F)cn1. The lowest BCUT2D eigenvalue weighted by Crippen LogP contribution is -2.32. The third-order valence-corrected chi connectivity index (χ3v) is 4.94. The predicted molar refractivity (Wildman–Crippen MR) is 99.1 cm³/mol. The lowest BCUT2D eigenvalue weighted by Gasteiger charge is -2.25. The van der Waals surface area contributed by atoms with Crippen LogP contribution in [0.4, 0.5) is 8.78 Å². The average Bonchev–Trinajstić information content (AvgIpc) is 3.12. The first-order valence-electron chi connectivity index (χ1n) is 9.18. The molecular weight excluding hydrogens is 366 g/mol. The van der Waals surface area contributed by atoms with Crippen LogP contribution in [0.1, 0.15) is 25.7 Å². The third kappa shape index (κ3) is 3.54. The van der Waals surface area contributed by atoms with Gasteiger partial charge >= 0.3 is 0 Å². The zero-order valence-corrected chi connectivity index (χ0v) is 15.3. The summed E-state index contributed by atoms with van der Waals surface area (Å²) in [7, 11) is 1.73. The molecule has 0 radical (unpaired) electrons. The van der Waals surface area contributed by atoms with E-state index in [1.54, 1.807) is 42.2 Å². The van der Waals surface area contributed by atoms with Gasteiger partial charge in [-0.2, -0.15) is 5.10 Å². The topological polar surface area (TPSA) is 73.1 Å². The summed E-state index contributed by atoms with van der Waals surface area (Å²) < 4.78 is 35.7. The number of alkyl halides is 1. The van der Waals surface area contributed by atoms with Gasteiger partial charge in [0.05, 0.1) is 11.9 Å². The highest BCUT2D eigenvalue weighted by atomic mass is 19.1. The monoisotopic (exact) mass is 386 g/mol. The second-order valence-electron chi connectivity index (χ2n) is 6.94.